The van der Waals surface area contributed by atoms with Crippen molar-refractivity contribution in [1.29, 1.82) is 0 Å². The van der Waals surface area contributed by atoms with E-state index in [0.717, 1.165) is 16.0 Å². The summed E-state index contributed by atoms with van der Waals surface area (Å²) in [6.45, 7) is 6.87. The first-order chi connectivity index (χ1) is 12.3. The molecule has 2 rings (SSSR count). The zero-order chi connectivity index (χ0) is 19.3. The molecule has 6 nitrogen and oxygen atoms in total. The van der Waals surface area contributed by atoms with Crippen LogP contribution in [0.5, 0.6) is 0 Å². The van der Waals surface area contributed by atoms with Crippen molar-refractivity contribution in [2.75, 3.05) is 11.9 Å². The number of para-hydroxylation sites is 1. The van der Waals surface area contributed by atoms with Gasteiger partial charge in [0.25, 0.3) is 11.8 Å². The second-order valence-corrected chi connectivity index (χ2v) is 7.27. The van der Waals surface area contributed by atoms with Crippen molar-refractivity contribution in [2.24, 2.45) is 0 Å². The maximum atomic E-state index is 12.2. The standard InChI is InChI=1S/C19H22N2O4S/c1-11-6-5-7-12(2)17(11)21-18(23)14(4)25-16(22)10-20-19(24)15-9-8-13(3)26-15/h5-9,14H,10H2,1-4H3,(H,20,24)(H,21,23). The molecule has 0 fully saturated rings. The van der Waals surface area contributed by atoms with Crippen LogP contribution < -0.4 is 10.6 Å². The van der Waals surface area contributed by atoms with Crippen LogP contribution in [0.1, 0.15) is 32.6 Å². The first kappa shape index (κ1) is 19.7. The molecule has 0 spiro atoms. The van der Waals surface area contributed by atoms with Crippen molar-refractivity contribution < 1.29 is 19.1 Å². The van der Waals surface area contributed by atoms with Crippen LogP contribution in [-0.4, -0.2) is 30.4 Å². The van der Waals surface area contributed by atoms with Crippen LogP contribution >= 0.6 is 11.3 Å². The number of thiophene rings is 1. The van der Waals surface area contributed by atoms with E-state index in [1.807, 2.05) is 45.0 Å². The number of nitrogens with one attached hydrogen (secondary N) is 2. The van der Waals surface area contributed by atoms with E-state index < -0.39 is 18.0 Å². The third kappa shape index (κ3) is 5.16. The summed E-state index contributed by atoms with van der Waals surface area (Å²) in [6.07, 6.45) is -0.970. The van der Waals surface area contributed by atoms with Crippen molar-refractivity contribution in [1.82, 2.24) is 5.32 Å². The molecule has 1 unspecified atom stereocenters. The maximum Gasteiger partial charge on any atom is 0.326 e. The molecule has 1 aromatic carbocycles. The van der Waals surface area contributed by atoms with Gasteiger partial charge in [-0.05, 0) is 51.0 Å². The number of benzene rings is 1. The lowest BCUT2D eigenvalue weighted by Gasteiger charge is -2.16. The van der Waals surface area contributed by atoms with Gasteiger partial charge in [-0.3, -0.25) is 14.4 Å². The summed E-state index contributed by atoms with van der Waals surface area (Å²) in [5.41, 5.74) is 2.56. The summed E-state index contributed by atoms with van der Waals surface area (Å²) in [7, 11) is 0. The van der Waals surface area contributed by atoms with Crippen LogP contribution in [0.3, 0.4) is 0 Å². The minimum atomic E-state index is -0.970. The Labute approximate surface area is 156 Å². The van der Waals surface area contributed by atoms with E-state index in [1.54, 1.807) is 6.07 Å². The number of hydrogen-bond donors (Lipinski definition) is 2. The molecule has 138 valence electrons. The van der Waals surface area contributed by atoms with Crippen molar-refractivity contribution in [3.05, 3.63) is 51.2 Å². The Morgan fingerprint density at radius 3 is 2.31 bits per heavy atom. The smallest absolute Gasteiger partial charge is 0.326 e. The molecule has 7 heteroatoms. The second kappa shape index (κ2) is 8.62. The first-order valence-corrected chi connectivity index (χ1v) is 9.00. The predicted octanol–water partition coefficient (Wildman–Crippen LogP) is 2.97. The normalized spacial score (nSPS) is 11.5. The highest BCUT2D eigenvalue weighted by Gasteiger charge is 2.20. The molecule has 0 aliphatic rings. The zero-order valence-electron chi connectivity index (χ0n) is 15.2. The molecule has 2 N–H and O–H groups in total. The number of anilines is 1. The summed E-state index contributed by atoms with van der Waals surface area (Å²) in [5.74, 6) is -1.43. The molecule has 0 saturated heterocycles. The van der Waals surface area contributed by atoms with Crippen LogP contribution in [0.25, 0.3) is 0 Å². The second-order valence-electron chi connectivity index (χ2n) is 5.98. The van der Waals surface area contributed by atoms with Crippen LogP contribution in [-0.2, 0) is 14.3 Å². The Morgan fingerprint density at radius 2 is 1.73 bits per heavy atom. The molecule has 0 aliphatic heterocycles. The van der Waals surface area contributed by atoms with Gasteiger partial charge in [-0.1, -0.05) is 18.2 Å². The maximum absolute atomic E-state index is 12.2. The minimum Gasteiger partial charge on any atom is -0.451 e. The van der Waals surface area contributed by atoms with Crippen molar-refractivity contribution in [3.63, 3.8) is 0 Å². The Kier molecular flexibility index (Phi) is 6.52. The number of rotatable bonds is 6. The van der Waals surface area contributed by atoms with E-state index >= 15 is 0 Å². The molecule has 0 aliphatic carbocycles. The number of carbonyl (C=O) groups excluding carboxylic acids is 3. The van der Waals surface area contributed by atoms with E-state index in [2.05, 4.69) is 10.6 Å². The molecular weight excluding hydrogens is 352 g/mol. The van der Waals surface area contributed by atoms with Crippen molar-refractivity contribution in [2.45, 2.75) is 33.8 Å². The Bertz CT molecular complexity index is 808. The number of esters is 1. The number of amides is 2. The molecule has 0 saturated carbocycles. The Hall–Kier alpha value is -2.67. The van der Waals surface area contributed by atoms with Gasteiger partial charge in [-0.25, -0.2) is 0 Å². The van der Waals surface area contributed by atoms with Crippen LogP contribution in [0, 0.1) is 20.8 Å². The number of carbonyl (C=O) groups is 3. The number of ether oxygens (including phenoxy) is 1. The van der Waals surface area contributed by atoms with E-state index in [9.17, 15) is 14.4 Å². The Balaban J connectivity index is 1.84. The van der Waals surface area contributed by atoms with E-state index in [4.69, 9.17) is 4.74 Å². The zero-order valence-corrected chi connectivity index (χ0v) is 16.0. The monoisotopic (exact) mass is 374 g/mol. The van der Waals surface area contributed by atoms with Gasteiger partial charge in [-0.2, -0.15) is 0 Å². The third-order valence-electron chi connectivity index (χ3n) is 3.76. The fraction of sp³-hybridized carbons (Fsp3) is 0.316. The van der Waals surface area contributed by atoms with Crippen LogP contribution in [0.2, 0.25) is 0 Å². The summed E-state index contributed by atoms with van der Waals surface area (Å²) in [6, 6.07) is 9.21. The van der Waals surface area contributed by atoms with Crippen molar-refractivity contribution in [3.8, 4) is 0 Å². The molecule has 2 amide bonds. The molecule has 1 aromatic heterocycles. The molecule has 0 radical (unpaired) electrons. The fourth-order valence-corrected chi connectivity index (χ4v) is 3.11. The van der Waals surface area contributed by atoms with Gasteiger partial charge in [0.1, 0.15) is 6.54 Å². The number of aryl methyl sites for hydroxylation is 3. The van der Waals surface area contributed by atoms with Crippen molar-refractivity contribution >= 4 is 34.8 Å². The number of hydrogen-bond acceptors (Lipinski definition) is 5. The largest absolute Gasteiger partial charge is 0.451 e. The van der Waals surface area contributed by atoms with Gasteiger partial charge in [-0.15, -0.1) is 11.3 Å². The van der Waals surface area contributed by atoms with Gasteiger partial charge in [0.2, 0.25) is 0 Å². The van der Waals surface area contributed by atoms with Crippen LogP contribution in [0.15, 0.2) is 30.3 Å². The highest BCUT2D eigenvalue weighted by atomic mass is 32.1. The highest BCUT2D eigenvalue weighted by Crippen LogP contribution is 2.19. The third-order valence-corrected chi connectivity index (χ3v) is 4.76. The summed E-state index contributed by atoms with van der Waals surface area (Å²) in [4.78, 5) is 37.6. The van der Waals surface area contributed by atoms with Gasteiger partial charge in [0.05, 0.1) is 4.88 Å². The first-order valence-electron chi connectivity index (χ1n) is 8.19. The molecule has 26 heavy (non-hydrogen) atoms. The lowest BCUT2D eigenvalue weighted by Crippen LogP contribution is -2.35. The lowest BCUT2D eigenvalue weighted by atomic mass is 10.1. The van der Waals surface area contributed by atoms with Gasteiger partial charge in [0, 0.05) is 10.6 Å². The summed E-state index contributed by atoms with van der Waals surface area (Å²) in [5, 5.41) is 5.26. The van der Waals surface area contributed by atoms with E-state index in [0.29, 0.717) is 10.6 Å². The summed E-state index contributed by atoms with van der Waals surface area (Å²) < 4.78 is 5.09. The lowest BCUT2D eigenvalue weighted by molar-refractivity contribution is -0.152. The van der Waals surface area contributed by atoms with Gasteiger partial charge in [0.15, 0.2) is 6.10 Å². The summed E-state index contributed by atoms with van der Waals surface area (Å²) >= 11 is 1.34. The minimum absolute atomic E-state index is 0.295. The quantitative estimate of drug-likeness (QED) is 0.762. The molecular formula is C19H22N2O4S. The fourth-order valence-electron chi connectivity index (χ4n) is 2.32. The molecule has 1 atom stereocenters. The Morgan fingerprint density at radius 1 is 1.08 bits per heavy atom. The van der Waals surface area contributed by atoms with Gasteiger partial charge >= 0.3 is 5.97 Å². The topological polar surface area (TPSA) is 84.5 Å². The average molecular weight is 374 g/mol. The highest BCUT2D eigenvalue weighted by molar-refractivity contribution is 7.13. The predicted molar refractivity (Wildman–Crippen MR) is 101 cm³/mol. The average Bonchev–Trinajstić information content (AvgIpc) is 3.02. The van der Waals surface area contributed by atoms with Crippen LogP contribution in [0.4, 0.5) is 5.69 Å². The SMILES string of the molecule is Cc1ccc(C(=O)NCC(=O)OC(C)C(=O)Nc2c(C)cccc2C)s1. The van der Waals surface area contributed by atoms with E-state index in [-0.39, 0.29) is 12.5 Å². The molecule has 0 bridgehead atoms. The van der Waals surface area contributed by atoms with E-state index in [1.165, 1.54) is 18.3 Å². The molecule has 2 aromatic rings. The molecule has 1 heterocycles. The van der Waals surface area contributed by atoms with Gasteiger partial charge < -0.3 is 15.4 Å².